The molecule has 0 aromatic rings. The Morgan fingerprint density at radius 2 is 0.735 bits per heavy atom. The SMILES string of the molecule is C[C@@H]1NC(=O)[C@@H](CCCCN)NC(=O)CNC(=O)[C@@H]2CCCN2C(=O)[C@@H](CCCCN)NC(=O)[C@@H](C)NC(=O)[C@@H](CCCCN)NC(=O)CNC(=O)[C@@H]2CCCN2C(=O)[C@H](CCCCN)NC1=O. The third kappa shape index (κ3) is 18.2. The Labute approximate surface area is 398 Å². The van der Waals surface area contributed by atoms with Crippen molar-refractivity contribution in [2.24, 2.45) is 22.9 Å². The van der Waals surface area contributed by atoms with Crippen molar-refractivity contribution >= 4 is 59.1 Å². The lowest BCUT2D eigenvalue weighted by molar-refractivity contribution is -0.142. The molecule has 68 heavy (non-hydrogen) atoms. The summed E-state index contributed by atoms with van der Waals surface area (Å²) >= 11 is 0. The summed E-state index contributed by atoms with van der Waals surface area (Å²) in [6.07, 6.45) is 6.07. The number of hydrogen-bond acceptors (Lipinski definition) is 14. The van der Waals surface area contributed by atoms with Crippen molar-refractivity contribution < 1.29 is 47.9 Å². The molecule has 3 rings (SSSR count). The van der Waals surface area contributed by atoms with E-state index in [0.717, 1.165) is 0 Å². The van der Waals surface area contributed by atoms with E-state index in [2.05, 4.69) is 42.5 Å². The largest absolute Gasteiger partial charge is 0.345 e. The first-order valence-corrected chi connectivity index (χ1v) is 24.3. The van der Waals surface area contributed by atoms with Gasteiger partial charge in [-0.2, -0.15) is 0 Å². The fourth-order valence-corrected chi connectivity index (χ4v) is 8.44. The molecule has 24 nitrogen and oxygen atoms in total. The van der Waals surface area contributed by atoms with Gasteiger partial charge >= 0.3 is 0 Å². The highest BCUT2D eigenvalue weighted by Crippen LogP contribution is 2.22. The first-order valence-electron chi connectivity index (χ1n) is 24.3. The molecule has 0 aliphatic carbocycles. The monoisotopic (exact) mass is 963 g/mol. The summed E-state index contributed by atoms with van der Waals surface area (Å²) in [6.45, 7) is 3.45. The van der Waals surface area contributed by atoms with E-state index in [1.807, 2.05) is 0 Å². The summed E-state index contributed by atoms with van der Waals surface area (Å²) in [6, 6.07) is -8.78. The average Bonchev–Trinajstić information content (AvgIpc) is 4.02. The highest BCUT2D eigenvalue weighted by atomic mass is 16.2. The van der Waals surface area contributed by atoms with Crippen LogP contribution in [0.4, 0.5) is 0 Å². The number of nitrogens with zero attached hydrogens (tertiary/aromatic N) is 2. The van der Waals surface area contributed by atoms with Gasteiger partial charge in [-0.15, -0.1) is 0 Å². The first-order chi connectivity index (χ1) is 32.6. The Morgan fingerprint density at radius 3 is 1.06 bits per heavy atom. The van der Waals surface area contributed by atoms with Gasteiger partial charge in [0, 0.05) is 13.1 Å². The van der Waals surface area contributed by atoms with Crippen LogP contribution in [0.5, 0.6) is 0 Å². The minimum absolute atomic E-state index is 0.150. The van der Waals surface area contributed by atoms with Crippen LogP contribution in [0.3, 0.4) is 0 Å². The van der Waals surface area contributed by atoms with Gasteiger partial charge in [0.1, 0.15) is 48.3 Å². The Morgan fingerprint density at radius 1 is 0.412 bits per heavy atom. The lowest BCUT2D eigenvalue weighted by atomic mass is 10.1. The van der Waals surface area contributed by atoms with Gasteiger partial charge in [0.2, 0.25) is 59.1 Å². The second-order valence-electron chi connectivity index (χ2n) is 17.8. The normalized spacial score (nSPS) is 27.1. The summed E-state index contributed by atoms with van der Waals surface area (Å²) in [4.78, 5) is 139. The van der Waals surface area contributed by atoms with Crippen LogP contribution in [0.2, 0.25) is 0 Å². The number of hydrogen-bond donors (Lipinski definition) is 12. The van der Waals surface area contributed by atoms with Crippen LogP contribution in [-0.4, -0.2) is 170 Å². The molecular formula is C44H78N14O10. The van der Waals surface area contributed by atoms with Gasteiger partial charge in [0.15, 0.2) is 0 Å². The summed E-state index contributed by atoms with van der Waals surface area (Å²) in [5.74, 6) is -6.51. The number of carbonyl (C=O) groups is 10. The fourth-order valence-electron chi connectivity index (χ4n) is 8.44. The molecule has 0 saturated carbocycles. The van der Waals surface area contributed by atoms with Crippen LogP contribution in [0.1, 0.15) is 117 Å². The number of rotatable bonds is 16. The van der Waals surface area contributed by atoms with Crippen LogP contribution in [-0.2, 0) is 47.9 Å². The zero-order chi connectivity index (χ0) is 50.2. The van der Waals surface area contributed by atoms with E-state index in [0.29, 0.717) is 90.4 Å². The first kappa shape index (κ1) is 56.9. The van der Waals surface area contributed by atoms with Gasteiger partial charge in [0.05, 0.1) is 13.1 Å². The fraction of sp³-hybridized carbons (Fsp3) is 0.773. The zero-order valence-electron chi connectivity index (χ0n) is 39.9. The highest BCUT2D eigenvalue weighted by molar-refractivity contribution is 5.98. The molecule has 0 aromatic heterocycles. The average molecular weight is 963 g/mol. The molecule has 0 spiro atoms. The summed E-state index contributed by atoms with van der Waals surface area (Å²) in [5, 5.41) is 21.1. The van der Waals surface area contributed by atoms with Gasteiger partial charge in [-0.3, -0.25) is 47.9 Å². The highest BCUT2D eigenvalue weighted by Gasteiger charge is 2.40. The topological polar surface area (TPSA) is 377 Å². The molecular weight excluding hydrogens is 885 g/mol. The maximum Gasteiger partial charge on any atom is 0.245 e. The van der Waals surface area contributed by atoms with Crippen LogP contribution in [0, 0.1) is 0 Å². The lowest BCUT2D eigenvalue weighted by Gasteiger charge is -2.30. The van der Waals surface area contributed by atoms with Gasteiger partial charge in [-0.1, -0.05) is 0 Å². The molecule has 3 saturated heterocycles. The molecule has 3 aliphatic rings. The minimum atomic E-state index is -1.18. The van der Waals surface area contributed by atoms with E-state index in [4.69, 9.17) is 22.9 Å². The molecule has 24 heteroatoms. The molecule has 3 fully saturated rings. The molecule has 0 aromatic carbocycles. The van der Waals surface area contributed by atoms with Gasteiger partial charge in [0.25, 0.3) is 0 Å². The zero-order valence-corrected chi connectivity index (χ0v) is 39.9. The summed E-state index contributed by atoms with van der Waals surface area (Å²) in [7, 11) is 0. The van der Waals surface area contributed by atoms with Crippen molar-refractivity contribution in [2.75, 3.05) is 52.4 Å². The van der Waals surface area contributed by atoms with E-state index in [1.165, 1.54) is 23.6 Å². The second kappa shape index (κ2) is 30.1. The molecule has 3 aliphatic heterocycles. The molecule has 384 valence electrons. The van der Waals surface area contributed by atoms with Crippen molar-refractivity contribution in [1.29, 1.82) is 0 Å². The molecule has 0 bridgehead atoms. The molecule has 8 atom stereocenters. The van der Waals surface area contributed by atoms with Crippen molar-refractivity contribution in [3.8, 4) is 0 Å². The predicted molar refractivity (Wildman–Crippen MR) is 250 cm³/mol. The van der Waals surface area contributed by atoms with E-state index >= 15 is 0 Å². The van der Waals surface area contributed by atoms with Crippen molar-refractivity contribution in [3.05, 3.63) is 0 Å². The van der Waals surface area contributed by atoms with Crippen LogP contribution < -0.4 is 65.5 Å². The van der Waals surface area contributed by atoms with E-state index in [-0.39, 0.29) is 51.6 Å². The number of amides is 10. The Hall–Kier alpha value is -5.46. The Kier molecular flexibility index (Phi) is 25.2. The van der Waals surface area contributed by atoms with Gasteiger partial charge < -0.3 is 75.3 Å². The summed E-state index contributed by atoms with van der Waals surface area (Å²) in [5.41, 5.74) is 22.8. The van der Waals surface area contributed by atoms with E-state index < -0.39 is 120 Å². The standard InChI is InChI=1S/C44H78N14O10/c1-27-37(61)55-31(15-5-9-21-47)43(67)57-23-11-17-33(57)41(65)50-26-36(60)54-30(14-4-8-20-46)40(64)52-28(2)38(62)56-32(16-6-10-22-48)44(68)58-24-12-18-34(58)42(66)49-25-35(59)53-29(39(63)51-27)13-3-7-19-45/h27-34H,3-26,45-48H2,1-2H3,(H,49,66)(H,50,65)(H,51,63)(H,52,64)(H,53,59)(H,54,60)(H,55,61)(H,56,62)/t27-,28+,29-,30-,31-,32+,33+,34+/m1/s1. The molecule has 3 heterocycles. The maximum absolute atomic E-state index is 14.1. The Bertz CT molecular complexity index is 1620. The summed E-state index contributed by atoms with van der Waals surface area (Å²) < 4.78 is 0. The van der Waals surface area contributed by atoms with Crippen LogP contribution in [0.25, 0.3) is 0 Å². The second-order valence-corrected chi connectivity index (χ2v) is 17.8. The minimum Gasteiger partial charge on any atom is -0.345 e. The van der Waals surface area contributed by atoms with Gasteiger partial charge in [-0.25, -0.2) is 0 Å². The Balaban J connectivity index is 1.95. The molecule has 0 unspecified atom stereocenters. The van der Waals surface area contributed by atoms with Crippen molar-refractivity contribution in [3.63, 3.8) is 0 Å². The number of nitrogens with two attached hydrogens (primary N) is 4. The van der Waals surface area contributed by atoms with Crippen LogP contribution in [0.15, 0.2) is 0 Å². The third-order valence-electron chi connectivity index (χ3n) is 12.3. The van der Waals surface area contributed by atoms with Gasteiger partial charge in [-0.05, 0) is 143 Å². The number of carbonyl (C=O) groups excluding carboxylic acids is 10. The number of fused-ring (bicyclic) bond motifs is 2. The number of unbranched alkanes of at least 4 members (excludes halogenated alkanes) is 4. The quantitative estimate of drug-likeness (QED) is 0.0652. The maximum atomic E-state index is 14.1. The lowest BCUT2D eigenvalue weighted by Crippen LogP contribution is -2.59. The molecule has 10 amide bonds. The number of nitrogens with one attached hydrogen (secondary N) is 8. The van der Waals surface area contributed by atoms with E-state index in [1.54, 1.807) is 0 Å². The van der Waals surface area contributed by atoms with E-state index in [9.17, 15) is 47.9 Å². The van der Waals surface area contributed by atoms with Crippen LogP contribution >= 0.6 is 0 Å². The molecule has 0 radical (unpaired) electrons. The third-order valence-corrected chi connectivity index (χ3v) is 12.3. The van der Waals surface area contributed by atoms with Crippen molar-refractivity contribution in [2.45, 2.75) is 165 Å². The smallest absolute Gasteiger partial charge is 0.245 e. The molecule has 16 N–H and O–H groups in total. The van der Waals surface area contributed by atoms with Crippen molar-refractivity contribution in [1.82, 2.24) is 52.3 Å². The predicted octanol–water partition coefficient (Wildman–Crippen LogP) is -4.32.